The summed E-state index contributed by atoms with van der Waals surface area (Å²) in [5.74, 6) is -0.0888. The number of rotatable bonds is 10. The van der Waals surface area contributed by atoms with E-state index in [9.17, 15) is 18.0 Å². The third-order valence-corrected chi connectivity index (χ3v) is 6.94. The summed E-state index contributed by atoms with van der Waals surface area (Å²) in [7, 11) is -0.862. The average Bonchev–Trinajstić information content (AvgIpc) is 3.17. The number of nitrogens with zero attached hydrogens (tertiary/aromatic N) is 3. The van der Waals surface area contributed by atoms with Crippen molar-refractivity contribution in [1.82, 2.24) is 19.6 Å². The summed E-state index contributed by atoms with van der Waals surface area (Å²) in [5, 5.41) is 11.2. The van der Waals surface area contributed by atoms with E-state index in [1.165, 1.54) is 17.9 Å². The van der Waals surface area contributed by atoms with Gasteiger partial charge in [0.25, 0.3) is 10.0 Å². The number of sulfonamides is 1. The van der Waals surface area contributed by atoms with E-state index >= 15 is 0 Å². The van der Waals surface area contributed by atoms with E-state index in [0.29, 0.717) is 22.4 Å². The maximum atomic E-state index is 12.9. The van der Waals surface area contributed by atoms with Gasteiger partial charge in [-0.3, -0.25) is 9.79 Å². The van der Waals surface area contributed by atoms with Crippen molar-refractivity contribution in [2.24, 2.45) is 17.8 Å². The SMILES string of the molecule is COc1cc(C)c(S(=O)(=O)NC(N)=NCCC[C@H](NC(=O)O)C(=O)c2nccn2C)c(C)c1C. The maximum absolute atomic E-state index is 12.9. The van der Waals surface area contributed by atoms with E-state index in [-0.39, 0.29) is 36.1 Å². The fraction of sp³-hybridized carbons (Fsp3) is 0.429. The molecule has 0 unspecified atom stereocenters. The van der Waals surface area contributed by atoms with Gasteiger partial charge in [-0.15, -0.1) is 0 Å². The average molecular weight is 495 g/mol. The molecule has 2 aromatic rings. The number of benzene rings is 1. The second-order valence-corrected chi connectivity index (χ2v) is 9.34. The summed E-state index contributed by atoms with van der Waals surface area (Å²) in [5.41, 5.74) is 7.51. The Hall–Kier alpha value is -3.61. The number of imidazole rings is 1. The fourth-order valence-electron chi connectivity index (χ4n) is 3.54. The zero-order valence-electron chi connectivity index (χ0n) is 19.7. The first-order valence-corrected chi connectivity index (χ1v) is 11.9. The van der Waals surface area contributed by atoms with Crippen LogP contribution < -0.4 is 20.5 Å². The highest BCUT2D eigenvalue weighted by molar-refractivity contribution is 7.90. The van der Waals surface area contributed by atoms with Crippen LogP contribution in [0.3, 0.4) is 0 Å². The van der Waals surface area contributed by atoms with E-state index in [2.05, 4.69) is 20.0 Å². The number of methoxy groups -OCH3 is 1. The van der Waals surface area contributed by atoms with E-state index in [1.807, 2.05) is 0 Å². The Labute approximate surface area is 198 Å². The van der Waals surface area contributed by atoms with Crippen LogP contribution >= 0.6 is 0 Å². The third-order valence-electron chi connectivity index (χ3n) is 5.29. The number of ketones is 1. The number of guanidine groups is 1. The summed E-state index contributed by atoms with van der Waals surface area (Å²) in [4.78, 5) is 31.8. The fourth-order valence-corrected chi connectivity index (χ4v) is 5.02. The molecule has 0 saturated heterocycles. The third kappa shape index (κ3) is 6.25. The Morgan fingerprint density at radius 3 is 2.53 bits per heavy atom. The number of carboxylic acid groups (broad SMARTS) is 1. The van der Waals surface area contributed by atoms with Gasteiger partial charge in [0, 0.05) is 26.0 Å². The Bertz CT molecular complexity index is 1200. The number of carbonyl (C=O) groups is 2. The smallest absolute Gasteiger partial charge is 0.405 e. The van der Waals surface area contributed by atoms with Gasteiger partial charge in [-0.25, -0.2) is 22.9 Å². The minimum absolute atomic E-state index is 0.0691. The number of nitrogens with two attached hydrogens (primary N) is 1. The summed E-state index contributed by atoms with van der Waals surface area (Å²) >= 11 is 0. The van der Waals surface area contributed by atoms with Crippen LogP contribution in [0.25, 0.3) is 0 Å². The van der Waals surface area contributed by atoms with Gasteiger partial charge in [0.1, 0.15) is 5.75 Å². The molecule has 1 atom stereocenters. The number of aliphatic imine (C=N–C) groups is 1. The van der Waals surface area contributed by atoms with Crippen LogP contribution in [0.4, 0.5) is 4.79 Å². The predicted octanol–water partition coefficient (Wildman–Crippen LogP) is 1.25. The number of carbonyl (C=O) groups excluding carboxylic acids is 1. The normalized spacial score (nSPS) is 12.8. The van der Waals surface area contributed by atoms with Gasteiger partial charge < -0.3 is 25.5 Å². The summed E-state index contributed by atoms with van der Waals surface area (Å²) in [6, 6.07) is 0.609. The van der Waals surface area contributed by atoms with Crippen molar-refractivity contribution in [3.05, 3.63) is 41.0 Å². The molecule has 2 rings (SSSR count). The first-order chi connectivity index (χ1) is 15.9. The van der Waals surface area contributed by atoms with Gasteiger partial charge in [0.2, 0.25) is 11.7 Å². The topological polar surface area (TPSA) is 178 Å². The molecule has 0 bridgehead atoms. The first-order valence-electron chi connectivity index (χ1n) is 10.4. The van der Waals surface area contributed by atoms with Crippen molar-refractivity contribution < 1.29 is 27.9 Å². The van der Waals surface area contributed by atoms with Gasteiger partial charge >= 0.3 is 6.09 Å². The van der Waals surface area contributed by atoms with Gasteiger partial charge in [0.15, 0.2) is 5.82 Å². The minimum atomic E-state index is -4.00. The summed E-state index contributed by atoms with van der Waals surface area (Å²) < 4.78 is 34.8. The molecular weight excluding hydrogens is 464 g/mol. The van der Waals surface area contributed by atoms with Gasteiger partial charge in [-0.1, -0.05) is 0 Å². The molecule has 186 valence electrons. The van der Waals surface area contributed by atoms with Crippen LogP contribution in [0.5, 0.6) is 5.75 Å². The molecule has 1 aromatic carbocycles. The van der Waals surface area contributed by atoms with Crippen LogP contribution in [0.1, 0.15) is 40.2 Å². The molecule has 5 N–H and O–H groups in total. The summed E-state index contributed by atoms with van der Waals surface area (Å²) in [6.07, 6.45) is 2.07. The molecular formula is C21H30N6O6S. The van der Waals surface area contributed by atoms with E-state index in [1.54, 1.807) is 40.1 Å². The predicted molar refractivity (Wildman–Crippen MR) is 126 cm³/mol. The van der Waals surface area contributed by atoms with Gasteiger partial charge in [-0.2, -0.15) is 0 Å². The van der Waals surface area contributed by atoms with E-state index < -0.39 is 27.9 Å². The molecule has 0 spiro atoms. The molecule has 0 aliphatic heterocycles. The van der Waals surface area contributed by atoms with Crippen LogP contribution in [0.15, 0.2) is 28.3 Å². The van der Waals surface area contributed by atoms with Crippen LogP contribution in [-0.2, 0) is 17.1 Å². The lowest BCUT2D eigenvalue weighted by Gasteiger charge is -2.17. The monoisotopic (exact) mass is 494 g/mol. The molecule has 0 saturated carbocycles. The highest BCUT2D eigenvalue weighted by Gasteiger charge is 2.25. The molecule has 0 aliphatic carbocycles. The zero-order valence-corrected chi connectivity index (χ0v) is 20.6. The Morgan fingerprint density at radius 1 is 1.29 bits per heavy atom. The van der Waals surface area contributed by atoms with Crippen molar-refractivity contribution >= 4 is 27.9 Å². The number of hydrogen-bond acceptors (Lipinski definition) is 7. The maximum Gasteiger partial charge on any atom is 0.405 e. The number of Topliss-reactive ketones (excluding diaryl/α,β-unsaturated/α-hetero) is 1. The number of nitrogens with one attached hydrogen (secondary N) is 2. The molecule has 34 heavy (non-hydrogen) atoms. The molecule has 13 heteroatoms. The van der Waals surface area contributed by atoms with Crippen molar-refractivity contribution in [3.63, 3.8) is 0 Å². The molecule has 1 heterocycles. The molecule has 1 amide bonds. The quantitative estimate of drug-likeness (QED) is 0.165. The highest BCUT2D eigenvalue weighted by Crippen LogP contribution is 2.30. The molecule has 1 aromatic heterocycles. The second-order valence-electron chi connectivity index (χ2n) is 7.72. The largest absolute Gasteiger partial charge is 0.496 e. The van der Waals surface area contributed by atoms with Crippen molar-refractivity contribution in [3.8, 4) is 5.75 Å². The van der Waals surface area contributed by atoms with E-state index in [0.717, 1.165) is 0 Å². The van der Waals surface area contributed by atoms with Crippen LogP contribution in [0, 0.1) is 20.8 Å². The highest BCUT2D eigenvalue weighted by atomic mass is 32.2. The lowest BCUT2D eigenvalue weighted by atomic mass is 10.1. The number of hydrogen-bond donors (Lipinski definition) is 4. The lowest BCUT2D eigenvalue weighted by molar-refractivity contribution is 0.0917. The lowest BCUT2D eigenvalue weighted by Crippen LogP contribution is -2.41. The molecule has 0 aliphatic rings. The standard InChI is InChI=1S/C21H30N6O6S/c1-12-11-16(33-5)13(2)14(3)18(12)34(31,32)26-20(22)24-8-6-7-15(25-21(29)30)17(28)19-23-9-10-27(19)4/h9-11,15,25H,6-8H2,1-5H3,(H,29,30)(H3,22,24,26)/t15-/m0/s1. The Kier molecular flexibility index (Phi) is 8.62. The van der Waals surface area contributed by atoms with E-state index in [4.69, 9.17) is 15.6 Å². The van der Waals surface area contributed by atoms with Crippen LogP contribution in [-0.4, -0.2) is 60.6 Å². The number of aryl methyl sites for hydroxylation is 2. The van der Waals surface area contributed by atoms with Gasteiger partial charge in [0.05, 0.1) is 18.0 Å². The number of aromatic nitrogens is 2. The molecule has 0 fully saturated rings. The Morgan fingerprint density at radius 2 is 1.97 bits per heavy atom. The minimum Gasteiger partial charge on any atom is -0.496 e. The second kappa shape index (κ2) is 11.0. The summed E-state index contributed by atoms with van der Waals surface area (Å²) in [6.45, 7) is 5.17. The van der Waals surface area contributed by atoms with Crippen molar-refractivity contribution in [2.75, 3.05) is 13.7 Å². The first kappa shape index (κ1) is 26.6. The van der Waals surface area contributed by atoms with Crippen molar-refractivity contribution in [1.29, 1.82) is 0 Å². The number of ether oxygens (including phenoxy) is 1. The molecule has 12 nitrogen and oxygen atoms in total. The Balaban J connectivity index is 2.07. The van der Waals surface area contributed by atoms with Crippen LogP contribution in [0.2, 0.25) is 0 Å². The zero-order chi connectivity index (χ0) is 25.6. The van der Waals surface area contributed by atoms with Gasteiger partial charge in [-0.05, 0) is 56.4 Å². The van der Waals surface area contributed by atoms with Crippen molar-refractivity contribution in [2.45, 2.75) is 44.6 Å². The number of amides is 1. The molecule has 0 radical (unpaired) electrons.